The summed E-state index contributed by atoms with van der Waals surface area (Å²) in [5.74, 6) is 1.62. The number of rotatable bonds is 5. The fourth-order valence-corrected chi connectivity index (χ4v) is 2.86. The van der Waals surface area contributed by atoms with Crippen molar-refractivity contribution >= 4 is 40.3 Å². The van der Waals surface area contributed by atoms with E-state index in [1.54, 1.807) is 25.3 Å². The Morgan fingerprint density at radius 1 is 0.962 bits per heavy atom. The number of hydrogen-bond donors (Lipinski definition) is 3. The third-order valence-electron chi connectivity index (χ3n) is 3.78. The zero-order valence-corrected chi connectivity index (χ0v) is 15.6. The molecule has 0 saturated heterocycles. The van der Waals surface area contributed by atoms with Crippen LogP contribution in [-0.4, -0.2) is 17.1 Å². The summed E-state index contributed by atoms with van der Waals surface area (Å²) < 4.78 is 5.34. The monoisotopic (exact) mass is 369 g/mol. The number of nitrogen functional groups attached to an aromatic ring is 1. The highest BCUT2D eigenvalue weighted by Gasteiger charge is 2.12. The molecule has 26 heavy (non-hydrogen) atoms. The molecule has 3 rings (SSSR count). The van der Waals surface area contributed by atoms with Crippen LogP contribution in [0.4, 0.5) is 28.7 Å². The largest absolute Gasteiger partial charge is 0.495 e. The molecule has 0 atom stereocenters. The molecule has 0 fully saturated rings. The predicted molar refractivity (Wildman–Crippen MR) is 107 cm³/mol. The molecule has 0 unspecified atom stereocenters. The van der Waals surface area contributed by atoms with Gasteiger partial charge in [-0.25, -0.2) is 9.97 Å². The van der Waals surface area contributed by atoms with Crippen LogP contribution in [0.1, 0.15) is 11.1 Å². The van der Waals surface area contributed by atoms with Crippen molar-refractivity contribution in [1.29, 1.82) is 0 Å². The standard InChI is InChI=1S/C19H20ClN5O/c1-11-6-12(2)8-14(7-11)24-18-17(21)19(23-10-22-18)25-15-9-13(20)4-5-16(15)26-3/h4-10H,21H2,1-3H3,(H2,22,23,24,25). The van der Waals surface area contributed by atoms with E-state index in [2.05, 4.69) is 26.7 Å². The van der Waals surface area contributed by atoms with Gasteiger partial charge in [0.25, 0.3) is 0 Å². The molecule has 0 radical (unpaired) electrons. The lowest BCUT2D eigenvalue weighted by Gasteiger charge is -2.15. The van der Waals surface area contributed by atoms with Crippen LogP contribution < -0.4 is 21.1 Å². The third kappa shape index (κ3) is 3.97. The van der Waals surface area contributed by atoms with E-state index in [1.165, 1.54) is 6.33 Å². The number of aromatic nitrogens is 2. The highest BCUT2D eigenvalue weighted by Crippen LogP contribution is 2.33. The van der Waals surface area contributed by atoms with Gasteiger partial charge in [0.1, 0.15) is 17.8 Å². The van der Waals surface area contributed by atoms with Crippen LogP contribution in [0.15, 0.2) is 42.7 Å². The summed E-state index contributed by atoms with van der Waals surface area (Å²) in [6, 6.07) is 11.4. The maximum absolute atomic E-state index is 6.26. The summed E-state index contributed by atoms with van der Waals surface area (Å²) in [4.78, 5) is 8.48. The summed E-state index contributed by atoms with van der Waals surface area (Å²) in [6.45, 7) is 4.08. The summed E-state index contributed by atoms with van der Waals surface area (Å²) in [7, 11) is 1.59. The maximum atomic E-state index is 6.26. The smallest absolute Gasteiger partial charge is 0.159 e. The van der Waals surface area contributed by atoms with Crippen molar-refractivity contribution < 1.29 is 4.74 Å². The van der Waals surface area contributed by atoms with Gasteiger partial charge in [-0.2, -0.15) is 0 Å². The Morgan fingerprint density at radius 3 is 2.27 bits per heavy atom. The van der Waals surface area contributed by atoms with Gasteiger partial charge in [-0.3, -0.25) is 0 Å². The summed E-state index contributed by atoms with van der Waals surface area (Å²) in [5.41, 5.74) is 10.6. The summed E-state index contributed by atoms with van der Waals surface area (Å²) in [6.07, 6.45) is 1.45. The van der Waals surface area contributed by atoms with Crippen LogP contribution in [0.2, 0.25) is 5.02 Å². The molecule has 7 heteroatoms. The normalized spacial score (nSPS) is 10.5. The number of nitrogens with zero attached hydrogens (tertiary/aromatic N) is 2. The highest BCUT2D eigenvalue weighted by molar-refractivity contribution is 6.31. The number of aryl methyl sites for hydroxylation is 2. The van der Waals surface area contributed by atoms with E-state index < -0.39 is 0 Å². The molecule has 0 bridgehead atoms. The number of hydrogen-bond acceptors (Lipinski definition) is 6. The molecule has 4 N–H and O–H groups in total. The lowest BCUT2D eigenvalue weighted by molar-refractivity contribution is 0.417. The van der Waals surface area contributed by atoms with Gasteiger partial charge in [-0.05, 0) is 55.3 Å². The first-order chi connectivity index (χ1) is 12.5. The van der Waals surface area contributed by atoms with Crippen LogP contribution in [-0.2, 0) is 0 Å². The Morgan fingerprint density at radius 2 is 1.62 bits per heavy atom. The van der Waals surface area contributed by atoms with E-state index >= 15 is 0 Å². The average molecular weight is 370 g/mol. The van der Waals surface area contributed by atoms with Gasteiger partial charge in [0.05, 0.1) is 12.8 Å². The van der Waals surface area contributed by atoms with Gasteiger partial charge < -0.3 is 21.1 Å². The molecule has 2 aromatic carbocycles. The van der Waals surface area contributed by atoms with Gasteiger partial charge >= 0.3 is 0 Å². The van der Waals surface area contributed by atoms with E-state index in [0.717, 1.165) is 16.8 Å². The molecular formula is C19H20ClN5O. The first kappa shape index (κ1) is 17.8. The van der Waals surface area contributed by atoms with Crippen molar-refractivity contribution in [2.24, 2.45) is 0 Å². The highest BCUT2D eigenvalue weighted by atomic mass is 35.5. The van der Waals surface area contributed by atoms with Gasteiger partial charge in [0, 0.05) is 10.7 Å². The number of halogens is 1. The first-order valence-electron chi connectivity index (χ1n) is 8.02. The van der Waals surface area contributed by atoms with Crippen molar-refractivity contribution in [2.75, 3.05) is 23.5 Å². The average Bonchev–Trinajstić information content (AvgIpc) is 2.58. The minimum atomic E-state index is 0.397. The molecule has 1 heterocycles. The van der Waals surface area contributed by atoms with Crippen molar-refractivity contribution in [1.82, 2.24) is 9.97 Å². The molecule has 0 aliphatic carbocycles. The first-order valence-corrected chi connectivity index (χ1v) is 8.40. The lowest BCUT2D eigenvalue weighted by Crippen LogP contribution is -2.06. The zero-order chi connectivity index (χ0) is 18.7. The quantitative estimate of drug-likeness (QED) is 0.597. The van der Waals surface area contributed by atoms with Crippen LogP contribution in [0, 0.1) is 13.8 Å². The second-order valence-corrected chi connectivity index (χ2v) is 6.39. The van der Waals surface area contributed by atoms with Crippen LogP contribution in [0.25, 0.3) is 0 Å². The number of nitrogens with two attached hydrogens (primary N) is 1. The van der Waals surface area contributed by atoms with Crippen LogP contribution in [0.3, 0.4) is 0 Å². The molecule has 0 aliphatic rings. The van der Waals surface area contributed by atoms with Gasteiger partial charge in [-0.15, -0.1) is 0 Å². The Hall–Kier alpha value is -2.99. The number of ether oxygens (including phenoxy) is 1. The number of nitrogens with one attached hydrogen (secondary N) is 2. The zero-order valence-electron chi connectivity index (χ0n) is 14.8. The Labute approximate surface area is 157 Å². The molecular weight excluding hydrogens is 350 g/mol. The van der Waals surface area contributed by atoms with E-state index in [1.807, 2.05) is 26.0 Å². The van der Waals surface area contributed by atoms with Crippen molar-refractivity contribution in [3.8, 4) is 5.75 Å². The number of benzene rings is 2. The number of methoxy groups -OCH3 is 1. The van der Waals surface area contributed by atoms with E-state index in [9.17, 15) is 0 Å². The lowest BCUT2D eigenvalue weighted by atomic mass is 10.1. The van der Waals surface area contributed by atoms with Gasteiger partial charge in [0.2, 0.25) is 0 Å². The second-order valence-electron chi connectivity index (χ2n) is 5.96. The van der Waals surface area contributed by atoms with E-state index in [4.69, 9.17) is 22.1 Å². The van der Waals surface area contributed by atoms with E-state index in [0.29, 0.717) is 33.8 Å². The fourth-order valence-electron chi connectivity index (χ4n) is 2.68. The maximum Gasteiger partial charge on any atom is 0.159 e. The Kier molecular flexibility index (Phi) is 5.14. The molecule has 0 saturated carbocycles. The third-order valence-corrected chi connectivity index (χ3v) is 4.02. The summed E-state index contributed by atoms with van der Waals surface area (Å²) in [5, 5.41) is 6.98. The Balaban J connectivity index is 1.91. The van der Waals surface area contributed by atoms with Crippen LogP contribution in [0.5, 0.6) is 5.75 Å². The molecule has 134 valence electrons. The minimum Gasteiger partial charge on any atom is -0.495 e. The van der Waals surface area contributed by atoms with Crippen molar-refractivity contribution in [3.05, 3.63) is 58.9 Å². The Bertz CT molecular complexity index is 925. The van der Waals surface area contributed by atoms with E-state index in [-0.39, 0.29) is 0 Å². The molecule has 1 aromatic heterocycles. The topological polar surface area (TPSA) is 85.1 Å². The van der Waals surface area contributed by atoms with Crippen molar-refractivity contribution in [2.45, 2.75) is 13.8 Å². The fraction of sp³-hybridized carbons (Fsp3) is 0.158. The van der Waals surface area contributed by atoms with Gasteiger partial charge in [0.15, 0.2) is 11.6 Å². The van der Waals surface area contributed by atoms with Crippen molar-refractivity contribution in [3.63, 3.8) is 0 Å². The second kappa shape index (κ2) is 7.49. The molecule has 6 nitrogen and oxygen atoms in total. The molecule has 0 amide bonds. The molecule has 3 aromatic rings. The summed E-state index contributed by atoms with van der Waals surface area (Å²) >= 11 is 6.08. The SMILES string of the molecule is COc1ccc(Cl)cc1Nc1ncnc(Nc2cc(C)cc(C)c2)c1N. The molecule has 0 aliphatic heterocycles. The van der Waals surface area contributed by atoms with Gasteiger partial charge in [-0.1, -0.05) is 17.7 Å². The number of anilines is 5. The molecule has 0 spiro atoms. The van der Waals surface area contributed by atoms with Crippen LogP contribution >= 0.6 is 11.6 Å². The minimum absolute atomic E-state index is 0.397. The predicted octanol–water partition coefficient (Wildman–Crippen LogP) is 4.82.